The Kier molecular flexibility index (Phi) is 3.41. The first kappa shape index (κ1) is 10.5. The quantitative estimate of drug-likeness (QED) is 0.608. The van der Waals surface area contributed by atoms with Crippen LogP contribution < -0.4 is 10.9 Å². The molecule has 0 saturated carbocycles. The maximum absolute atomic E-state index is 11.3. The van der Waals surface area contributed by atoms with E-state index in [-0.39, 0.29) is 18.0 Å². The van der Waals surface area contributed by atoms with Crippen molar-refractivity contribution in [1.29, 1.82) is 0 Å². The number of pyridine rings is 1. The second-order valence-electron chi connectivity index (χ2n) is 3.00. The first-order valence-electron chi connectivity index (χ1n) is 4.24. The van der Waals surface area contributed by atoms with Crippen LogP contribution in [0.2, 0.25) is 0 Å². The van der Waals surface area contributed by atoms with Crippen LogP contribution in [0.1, 0.15) is 17.3 Å². The zero-order valence-electron chi connectivity index (χ0n) is 7.78. The summed E-state index contributed by atoms with van der Waals surface area (Å²) in [5.74, 6) is -0.317. The number of aromatic amines is 1. The number of nitrogens with one attached hydrogen (secondary N) is 2. The average Bonchev–Trinajstić information content (AvgIpc) is 2.15. The molecule has 0 aliphatic heterocycles. The van der Waals surface area contributed by atoms with Crippen molar-refractivity contribution in [2.24, 2.45) is 0 Å². The number of carbonyl (C=O) groups excluding carboxylic acids is 1. The Morgan fingerprint density at radius 3 is 2.86 bits per heavy atom. The molecule has 0 saturated heterocycles. The first-order valence-corrected chi connectivity index (χ1v) is 4.24. The fourth-order valence-corrected chi connectivity index (χ4v) is 0.894. The molecule has 1 rings (SSSR count). The number of aliphatic hydroxyl groups is 1. The molecule has 3 N–H and O–H groups in total. The summed E-state index contributed by atoms with van der Waals surface area (Å²) >= 11 is 0. The van der Waals surface area contributed by atoms with Crippen molar-refractivity contribution in [3.63, 3.8) is 0 Å². The van der Waals surface area contributed by atoms with Gasteiger partial charge in [-0.25, -0.2) is 0 Å². The van der Waals surface area contributed by atoms with Crippen LogP contribution in [0, 0.1) is 0 Å². The third kappa shape index (κ3) is 3.02. The van der Waals surface area contributed by atoms with E-state index in [1.807, 2.05) is 0 Å². The van der Waals surface area contributed by atoms with Gasteiger partial charge in [0.15, 0.2) is 0 Å². The third-order valence-electron chi connectivity index (χ3n) is 1.60. The Balaban J connectivity index is 2.61. The van der Waals surface area contributed by atoms with E-state index in [0.29, 0.717) is 5.56 Å². The molecule has 5 nitrogen and oxygen atoms in total. The SMILES string of the molecule is C[C@@H](O)CNC(=O)c1ccc(=O)[nH]c1. The van der Waals surface area contributed by atoms with Gasteiger partial charge in [0.1, 0.15) is 0 Å². The standard InChI is InChI=1S/C9H12N2O3/c1-6(12)4-11-9(14)7-2-3-8(13)10-5-7/h2-3,5-6,12H,4H2,1H3,(H,10,13)(H,11,14)/t6-/m1/s1. The summed E-state index contributed by atoms with van der Waals surface area (Å²) in [5.41, 5.74) is 0.113. The lowest BCUT2D eigenvalue weighted by Gasteiger charge is -2.06. The maximum atomic E-state index is 11.3. The molecule has 0 aliphatic carbocycles. The molecule has 5 heteroatoms. The molecule has 0 aromatic carbocycles. The Hall–Kier alpha value is -1.62. The van der Waals surface area contributed by atoms with Crippen molar-refractivity contribution in [3.05, 3.63) is 34.2 Å². The summed E-state index contributed by atoms with van der Waals surface area (Å²) in [4.78, 5) is 24.4. The van der Waals surface area contributed by atoms with Crippen LogP contribution >= 0.6 is 0 Å². The number of hydrogen-bond donors (Lipinski definition) is 3. The molecule has 0 unspecified atom stereocenters. The number of aliphatic hydroxyl groups excluding tert-OH is 1. The van der Waals surface area contributed by atoms with Gasteiger partial charge in [0, 0.05) is 18.8 Å². The molecule has 0 radical (unpaired) electrons. The zero-order chi connectivity index (χ0) is 10.6. The molecular weight excluding hydrogens is 184 g/mol. The van der Waals surface area contributed by atoms with E-state index in [0.717, 1.165) is 0 Å². The van der Waals surface area contributed by atoms with E-state index in [4.69, 9.17) is 5.11 Å². The molecule has 76 valence electrons. The minimum absolute atomic E-state index is 0.192. The molecule has 0 bridgehead atoms. The van der Waals surface area contributed by atoms with Gasteiger partial charge in [0.25, 0.3) is 5.91 Å². The predicted octanol–water partition coefficient (Wildman–Crippen LogP) is -0.515. The van der Waals surface area contributed by atoms with Gasteiger partial charge in [-0.15, -0.1) is 0 Å². The van der Waals surface area contributed by atoms with Crippen LogP contribution in [0.25, 0.3) is 0 Å². The number of carbonyl (C=O) groups is 1. The minimum atomic E-state index is -0.582. The summed E-state index contributed by atoms with van der Waals surface area (Å²) in [6, 6.07) is 2.70. The predicted molar refractivity (Wildman–Crippen MR) is 51.1 cm³/mol. The highest BCUT2D eigenvalue weighted by molar-refractivity contribution is 5.93. The third-order valence-corrected chi connectivity index (χ3v) is 1.60. The summed E-state index contributed by atoms with van der Waals surface area (Å²) < 4.78 is 0. The average molecular weight is 196 g/mol. The second-order valence-corrected chi connectivity index (χ2v) is 3.00. The van der Waals surface area contributed by atoms with Gasteiger partial charge in [-0.05, 0) is 13.0 Å². The highest BCUT2D eigenvalue weighted by atomic mass is 16.3. The van der Waals surface area contributed by atoms with Crippen molar-refractivity contribution in [3.8, 4) is 0 Å². The van der Waals surface area contributed by atoms with E-state index in [2.05, 4.69) is 10.3 Å². The normalized spacial score (nSPS) is 12.1. The number of H-pyrrole nitrogens is 1. The van der Waals surface area contributed by atoms with Crippen LogP contribution in [-0.4, -0.2) is 28.6 Å². The fourth-order valence-electron chi connectivity index (χ4n) is 0.894. The molecular formula is C9H12N2O3. The van der Waals surface area contributed by atoms with Crippen molar-refractivity contribution in [2.75, 3.05) is 6.54 Å². The molecule has 1 atom stereocenters. The van der Waals surface area contributed by atoms with Gasteiger partial charge in [-0.2, -0.15) is 0 Å². The Morgan fingerprint density at radius 2 is 2.36 bits per heavy atom. The summed E-state index contributed by atoms with van der Waals surface area (Å²) in [6.45, 7) is 1.77. The van der Waals surface area contributed by atoms with Gasteiger partial charge in [0.05, 0.1) is 11.7 Å². The number of hydrogen-bond acceptors (Lipinski definition) is 3. The van der Waals surface area contributed by atoms with Crippen molar-refractivity contribution in [1.82, 2.24) is 10.3 Å². The van der Waals surface area contributed by atoms with Gasteiger partial charge in [-0.3, -0.25) is 9.59 Å². The van der Waals surface area contributed by atoms with Gasteiger partial charge >= 0.3 is 0 Å². The molecule has 1 aromatic rings. The smallest absolute Gasteiger partial charge is 0.252 e. The maximum Gasteiger partial charge on any atom is 0.252 e. The molecule has 1 amide bonds. The van der Waals surface area contributed by atoms with Crippen molar-refractivity contribution in [2.45, 2.75) is 13.0 Å². The molecule has 1 heterocycles. The lowest BCUT2D eigenvalue weighted by atomic mass is 10.2. The fraction of sp³-hybridized carbons (Fsp3) is 0.333. The number of amides is 1. The van der Waals surface area contributed by atoms with Crippen molar-refractivity contribution >= 4 is 5.91 Å². The van der Waals surface area contributed by atoms with E-state index in [9.17, 15) is 9.59 Å². The Bertz CT molecular complexity index is 350. The highest BCUT2D eigenvalue weighted by Gasteiger charge is 2.05. The van der Waals surface area contributed by atoms with E-state index in [1.165, 1.54) is 18.3 Å². The van der Waals surface area contributed by atoms with Crippen LogP contribution in [0.15, 0.2) is 23.1 Å². The summed E-state index contributed by atoms with van der Waals surface area (Å²) in [5, 5.41) is 11.4. The first-order chi connectivity index (χ1) is 6.59. The molecule has 0 spiro atoms. The highest BCUT2D eigenvalue weighted by Crippen LogP contribution is 1.92. The van der Waals surface area contributed by atoms with E-state index in [1.54, 1.807) is 6.92 Å². The molecule has 0 fully saturated rings. The van der Waals surface area contributed by atoms with Crippen LogP contribution in [0.3, 0.4) is 0 Å². The lowest BCUT2D eigenvalue weighted by molar-refractivity contribution is 0.0923. The minimum Gasteiger partial charge on any atom is -0.392 e. The molecule has 1 aromatic heterocycles. The molecule has 14 heavy (non-hydrogen) atoms. The van der Waals surface area contributed by atoms with Crippen LogP contribution in [-0.2, 0) is 0 Å². The van der Waals surface area contributed by atoms with Crippen LogP contribution in [0.4, 0.5) is 0 Å². The van der Waals surface area contributed by atoms with Crippen molar-refractivity contribution < 1.29 is 9.90 Å². The van der Waals surface area contributed by atoms with Gasteiger partial charge < -0.3 is 15.4 Å². The number of aromatic nitrogens is 1. The monoisotopic (exact) mass is 196 g/mol. The van der Waals surface area contributed by atoms with E-state index >= 15 is 0 Å². The second kappa shape index (κ2) is 4.57. The summed E-state index contributed by atoms with van der Waals surface area (Å²) in [7, 11) is 0. The lowest BCUT2D eigenvalue weighted by Crippen LogP contribution is -2.30. The largest absolute Gasteiger partial charge is 0.392 e. The van der Waals surface area contributed by atoms with Crippen LogP contribution in [0.5, 0.6) is 0 Å². The molecule has 0 aliphatic rings. The van der Waals surface area contributed by atoms with Gasteiger partial charge in [0.2, 0.25) is 5.56 Å². The Labute approximate surface area is 80.8 Å². The summed E-state index contributed by atoms with van der Waals surface area (Å²) in [6.07, 6.45) is 0.751. The topological polar surface area (TPSA) is 82.2 Å². The Morgan fingerprint density at radius 1 is 1.64 bits per heavy atom. The zero-order valence-corrected chi connectivity index (χ0v) is 7.78. The number of rotatable bonds is 3. The van der Waals surface area contributed by atoms with Gasteiger partial charge in [-0.1, -0.05) is 0 Å². The van der Waals surface area contributed by atoms with E-state index < -0.39 is 6.10 Å².